The Labute approximate surface area is 250 Å². The summed E-state index contributed by atoms with van der Waals surface area (Å²) in [5.41, 5.74) is 1.76. The van der Waals surface area contributed by atoms with E-state index in [0.29, 0.717) is 21.7 Å². The Kier molecular flexibility index (Phi) is 8.37. The van der Waals surface area contributed by atoms with Crippen LogP contribution in [-0.2, 0) is 27.0 Å². The first kappa shape index (κ1) is 28.7. The number of fused-ring (bicyclic) bond motifs is 1. The number of thioether (sulfide) groups is 1. The standard InChI is InChI=1S/C29H20Cl2N2O6S2/c30-22-7-4-8-23(31)21(22)17-41(37,38)20-10-11-24-27(15-20)40-28(29(34)32-24)14-19-9-12-26(25(13-19)33(35)36)39-16-18-5-2-1-3-6-18/h1-15H,16-17H2,(H,32,34)/b28-14-. The van der Waals surface area contributed by atoms with E-state index in [2.05, 4.69) is 5.32 Å². The van der Waals surface area contributed by atoms with Crippen molar-refractivity contribution in [3.8, 4) is 5.75 Å². The van der Waals surface area contributed by atoms with Gasteiger partial charge in [-0.1, -0.05) is 77.4 Å². The highest BCUT2D eigenvalue weighted by Gasteiger charge is 2.26. The second-order valence-electron chi connectivity index (χ2n) is 8.94. The topological polar surface area (TPSA) is 116 Å². The fraction of sp³-hybridized carbons (Fsp3) is 0.0690. The molecule has 0 aromatic heterocycles. The molecule has 0 atom stereocenters. The molecule has 0 unspecified atom stereocenters. The third-order valence-electron chi connectivity index (χ3n) is 6.11. The fourth-order valence-electron chi connectivity index (χ4n) is 4.05. The Hall–Kier alpha value is -3.83. The molecule has 1 heterocycles. The average molecular weight is 628 g/mol. The number of sulfone groups is 1. The van der Waals surface area contributed by atoms with Crippen LogP contribution in [0.4, 0.5) is 11.4 Å². The monoisotopic (exact) mass is 626 g/mol. The van der Waals surface area contributed by atoms with Gasteiger partial charge < -0.3 is 10.1 Å². The van der Waals surface area contributed by atoms with Crippen molar-refractivity contribution in [2.75, 3.05) is 5.32 Å². The molecule has 0 radical (unpaired) electrons. The number of benzene rings is 4. The Morgan fingerprint density at radius 2 is 1.68 bits per heavy atom. The molecule has 0 saturated carbocycles. The third kappa shape index (κ3) is 6.57. The lowest BCUT2D eigenvalue weighted by Crippen LogP contribution is -2.17. The molecule has 0 saturated heterocycles. The molecule has 4 aromatic rings. The van der Waals surface area contributed by atoms with Crippen molar-refractivity contribution in [1.29, 1.82) is 0 Å². The maximum absolute atomic E-state index is 13.2. The van der Waals surface area contributed by atoms with E-state index in [1.165, 1.54) is 36.4 Å². The van der Waals surface area contributed by atoms with E-state index in [1.54, 1.807) is 24.3 Å². The fourth-order valence-corrected chi connectivity index (χ4v) is 7.23. The molecule has 8 nitrogen and oxygen atoms in total. The minimum atomic E-state index is -3.83. The Morgan fingerprint density at radius 1 is 0.951 bits per heavy atom. The van der Waals surface area contributed by atoms with E-state index in [4.69, 9.17) is 27.9 Å². The molecular formula is C29H20Cl2N2O6S2. The van der Waals surface area contributed by atoms with Crippen LogP contribution in [0.2, 0.25) is 10.0 Å². The maximum atomic E-state index is 13.2. The van der Waals surface area contributed by atoms with Gasteiger partial charge in [0.2, 0.25) is 0 Å². The summed E-state index contributed by atoms with van der Waals surface area (Å²) in [5, 5.41) is 15.0. The number of rotatable bonds is 8. The number of nitrogens with one attached hydrogen (secondary N) is 1. The number of nitrogens with zero attached hydrogens (tertiary/aromatic N) is 1. The summed E-state index contributed by atoms with van der Waals surface area (Å²) in [5.74, 6) is -0.722. The summed E-state index contributed by atoms with van der Waals surface area (Å²) in [6.45, 7) is 0.158. The largest absolute Gasteiger partial charge is 0.482 e. The van der Waals surface area contributed by atoms with Crippen LogP contribution in [0.15, 0.2) is 99.6 Å². The first-order chi connectivity index (χ1) is 19.6. The van der Waals surface area contributed by atoms with Crippen LogP contribution in [0.5, 0.6) is 5.75 Å². The molecule has 1 amide bonds. The molecular weight excluding hydrogens is 607 g/mol. The minimum absolute atomic E-state index is 0.0331. The second kappa shape index (κ2) is 12.0. The van der Waals surface area contributed by atoms with Gasteiger partial charge in [-0.2, -0.15) is 0 Å². The molecule has 1 aliphatic heterocycles. The van der Waals surface area contributed by atoms with Crippen molar-refractivity contribution in [2.24, 2.45) is 0 Å². The predicted octanol–water partition coefficient (Wildman–Crippen LogP) is 7.54. The van der Waals surface area contributed by atoms with Gasteiger partial charge in [-0.15, -0.1) is 0 Å². The highest BCUT2D eigenvalue weighted by Crippen LogP contribution is 2.41. The van der Waals surface area contributed by atoms with Crippen LogP contribution in [0.1, 0.15) is 16.7 Å². The molecule has 41 heavy (non-hydrogen) atoms. The Morgan fingerprint density at radius 3 is 2.39 bits per heavy atom. The van der Waals surface area contributed by atoms with Crippen LogP contribution >= 0.6 is 35.0 Å². The zero-order chi connectivity index (χ0) is 29.1. The summed E-state index contributed by atoms with van der Waals surface area (Å²) in [4.78, 5) is 24.8. The van der Waals surface area contributed by atoms with E-state index in [-0.39, 0.29) is 37.9 Å². The smallest absolute Gasteiger partial charge is 0.311 e. The summed E-state index contributed by atoms with van der Waals surface area (Å²) in [7, 11) is -3.83. The quantitative estimate of drug-likeness (QED) is 0.122. The van der Waals surface area contributed by atoms with E-state index < -0.39 is 26.4 Å². The Bertz CT molecular complexity index is 1790. The SMILES string of the molecule is O=C1Nc2ccc(S(=O)(=O)Cc3c(Cl)cccc3Cl)cc2S/C1=C\c1ccc(OCc2ccccc2)c([N+](=O)[O-])c1. The molecule has 0 aliphatic carbocycles. The number of anilines is 1. The van der Waals surface area contributed by atoms with Crippen LogP contribution in [0.25, 0.3) is 6.08 Å². The van der Waals surface area contributed by atoms with Crippen molar-refractivity contribution in [1.82, 2.24) is 0 Å². The lowest BCUT2D eigenvalue weighted by Gasteiger charge is -2.19. The van der Waals surface area contributed by atoms with Crippen LogP contribution in [0.3, 0.4) is 0 Å². The zero-order valence-electron chi connectivity index (χ0n) is 21.0. The number of hydrogen-bond donors (Lipinski definition) is 1. The van der Waals surface area contributed by atoms with E-state index in [9.17, 15) is 23.3 Å². The number of carbonyl (C=O) groups excluding carboxylic acids is 1. The normalized spacial score (nSPS) is 13.9. The first-order valence-electron chi connectivity index (χ1n) is 12.1. The van der Waals surface area contributed by atoms with Crippen molar-refractivity contribution in [3.05, 3.63) is 127 Å². The summed E-state index contributed by atoms with van der Waals surface area (Å²) in [6.07, 6.45) is 1.50. The summed E-state index contributed by atoms with van der Waals surface area (Å²) >= 11 is 13.4. The number of carbonyl (C=O) groups is 1. The first-order valence-corrected chi connectivity index (χ1v) is 15.3. The maximum Gasteiger partial charge on any atom is 0.311 e. The lowest BCUT2D eigenvalue weighted by molar-refractivity contribution is -0.386. The zero-order valence-corrected chi connectivity index (χ0v) is 24.2. The van der Waals surface area contributed by atoms with E-state index in [1.807, 2.05) is 30.3 Å². The lowest BCUT2D eigenvalue weighted by atomic mass is 10.1. The number of nitro groups is 1. The van der Waals surface area contributed by atoms with Gasteiger partial charge in [-0.3, -0.25) is 14.9 Å². The van der Waals surface area contributed by atoms with E-state index >= 15 is 0 Å². The number of hydrogen-bond acceptors (Lipinski definition) is 7. The number of nitro benzene ring substituents is 1. The van der Waals surface area contributed by atoms with Crippen molar-refractivity contribution in [2.45, 2.75) is 22.2 Å². The Balaban J connectivity index is 1.40. The third-order valence-corrected chi connectivity index (χ3v) is 9.54. The molecule has 1 N–H and O–H groups in total. The van der Waals surface area contributed by atoms with Gasteiger partial charge in [0.05, 0.1) is 26.2 Å². The van der Waals surface area contributed by atoms with Gasteiger partial charge in [0, 0.05) is 26.6 Å². The summed E-state index contributed by atoms with van der Waals surface area (Å²) < 4.78 is 32.1. The van der Waals surface area contributed by atoms with E-state index in [0.717, 1.165) is 17.3 Å². The van der Waals surface area contributed by atoms with Crippen molar-refractivity contribution < 1.29 is 22.9 Å². The second-order valence-corrected chi connectivity index (χ2v) is 12.8. The molecule has 0 bridgehead atoms. The van der Waals surface area contributed by atoms with Crippen molar-refractivity contribution >= 4 is 68.2 Å². The van der Waals surface area contributed by atoms with Crippen LogP contribution in [-0.4, -0.2) is 19.2 Å². The van der Waals surface area contributed by atoms with Gasteiger partial charge in [-0.05, 0) is 53.6 Å². The molecule has 4 aromatic carbocycles. The van der Waals surface area contributed by atoms with Gasteiger partial charge in [0.15, 0.2) is 15.6 Å². The predicted molar refractivity (Wildman–Crippen MR) is 160 cm³/mol. The van der Waals surface area contributed by atoms with Gasteiger partial charge in [0.25, 0.3) is 5.91 Å². The number of amides is 1. The van der Waals surface area contributed by atoms with Gasteiger partial charge >= 0.3 is 5.69 Å². The highest BCUT2D eigenvalue weighted by atomic mass is 35.5. The highest BCUT2D eigenvalue weighted by molar-refractivity contribution is 8.04. The summed E-state index contributed by atoms with van der Waals surface area (Å²) in [6, 6.07) is 22.8. The van der Waals surface area contributed by atoms with Gasteiger partial charge in [-0.25, -0.2) is 8.42 Å². The molecule has 208 valence electrons. The molecule has 0 spiro atoms. The molecule has 12 heteroatoms. The number of halogens is 2. The van der Waals surface area contributed by atoms with Gasteiger partial charge in [0.1, 0.15) is 6.61 Å². The average Bonchev–Trinajstić information content (AvgIpc) is 2.95. The van der Waals surface area contributed by atoms with Crippen LogP contribution in [0, 0.1) is 10.1 Å². The number of ether oxygens (including phenoxy) is 1. The molecule has 5 rings (SSSR count). The van der Waals surface area contributed by atoms with Crippen LogP contribution < -0.4 is 10.1 Å². The molecule has 0 fully saturated rings. The molecule has 1 aliphatic rings. The van der Waals surface area contributed by atoms with Crippen molar-refractivity contribution in [3.63, 3.8) is 0 Å². The minimum Gasteiger partial charge on any atom is -0.482 e.